The van der Waals surface area contributed by atoms with E-state index >= 15 is 0 Å². The van der Waals surface area contributed by atoms with Crippen LogP contribution in [0.15, 0.2) is 91.0 Å². The molecule has 0 bridgehead atoms. The van der Waals surface area contributed by atoms with Gasteiger partial charge in [-0.3, -0.25) is 14.4 Å². The molecule has 47 heavy (non-hydrogen) atoms. The quantitative estimate of drug-likeness (QED) is 0.299. The second-order valence-electron chi connectivity index (χ2n) is 13.3. The molecule has 4 rings (SSSR count). The maximum absolute atomic E-state index is 13.6. The first-order chi connectivity index (χ1) is 22.4. The molecule has 3 aromatic rings. The first-order valence-electron chi connectivity index (χ1n) is 16.3. The monoisotopic (exact) mass is 638 g/mol. The zero-order chi connectivity index (χ0) is 34.0. The normalized spacial score (nSPS) is 22.7. The standard InChI is InChI=1S/C39H46N2O6/c1-26(2)23-34-37(44)46-33(27(3)21-22-28-13-7-6-8-14-28)19-12-20-35(42)41-32(36(43)40-25-39(4,5)38(45)47-34)24-30-17-11-16-29-15-9-10-18-31(29)30/h6-18,20-22,26-27,32-34H,19,23-25H2,1-5H3,(H,40,43)(H,41,42)/b20-12+,22-21+/t27-,32-,33+,34+/m1/s1. The van der Waals surface area contributed by atoms with E-state index in [1.54, 1.807) is 19.9 Å². The lowest BCUT2D eigenvalue weighted by Crippen LogP contribution is -2.51. The van der Waals surface area contributed by atoms with Crippen LogP contribution in [0.3, 0.4) is 0 Å². The second-order valence-corrected chi connectivity index (χ2v) is 13.3. The lowest BCUT2D eigenvalue weighted by atomic mass is 9.92. The fourth-order valence-electron chi connectivity index (χ4n) is 5.39. The van der Waals surface area contributed by atoms with Gasteiger partial charge in [0.15, 0.2) is 6.10 Å². The van der Waals surface area contributed by atoms with Gasteiger partial charge in [0.2, 0.25) is 11.8 Å². The Morgan fingerprint density at radius 1 is 0.894 bits per heavy atom. The van der Waals surface area contributed by atoms with E-state index in [4.69, 9.17) is 9.47 Å². The van der Waals surface area contributed by atoms with E-state index in [0.717, 1.165) is 21.9 Å². The molecule has 8 nitrogen and oxygen atoms in total. The molecule has 4 atom stereocenters. The molecule has 0 unspecified atom stereocenters. The highest BCUT2D eigenvalue weighted by atomic mass is 16.6. The summed E-state index contributed by atoms with van der Waals surface area (Å²) in [4.78, 5) is 53.8. The van der Waals surface area contributed by atoms with Crippen LogP contribution in [-0.2, 0) is 35.1 Å². The molecule has 0 spiro atoms. The average Bonchev–Trinajstić information content (AvgIpc) is 3.05. The van der Waals surface area contributed by atoms with Crippen molar-refractivity contribution in [3.05, 3.63) is 102 Å². The van der Waals surface area contributed by atoms with E-state index in [1.807, 2.05) is 106 Å². The van der Waals surface area contributed by atoms with Crippen molar-refractivity contribution in [2.24, 2.45) is 17.3 Å². The smallest absolute Gasteiger partial charge is 0.347 e. The number of hydrogen-bond donors (Lipinski definition) is 2. The lowest BCUT2D eigenvalue weighted by Gasteiger charge is -2.29. The molecule has 8 heteroatoms. The average molecular weight is 639 g/mol. The number of carbonyl (C=O) groups is 4. The largest absolute Gasteiger partial charge is 0.459 e. The van der Waals surface area contributed by atoms with Crippen LogP contribution >= 0.6 is 0 Å². The third-order valence-corrected chi connectivity index (χ3v) is 8.28. The first kappa shape index (κ1) is 35.1. The summed E-state index contributed by atoms with van der Waals surface area (Å²) in [5.41, 5.74) is 0.739. The maximum Gasteiger partial charge on any atom is 0.347 e. The fourth-order valence-corrected chi connectivity index (χ4v) is 5.39. The molecular formula is C39H46N2O6. The van der Waals surface area contributed by atoms with Crippen molar-refractivity contribution in [3.63, 3.8) is 0 Å². The van der Waals surface area contributed by atoms with Crippen LogP contribution in [0.1, 0.15) is 58.6 Å². The molecule has 0 fully saturated rings. The van der Waals surface area contributed by atoms with Gasteiger partial charge in [-0.15, -0.1) is 0 Å². The van der Waals surface area contributed by atoms with Gasteiger partial charge >= 0.3 is 11.9 Å². The van der Waals surface area contributed by atoms with Crippen LogP contribution in [-0.4, -0.2) is 48.5 Å². The van der Waals surface area contributed by atoms with Gasteiger partial charge in [0.25, 0.3) is 0 Å². The number of cyclic esters (lactones) is 2. The SMILES string of the molecule is CC(C)C[C@@H]1OC(=O)C(C)(C)CNC(=O)[C@@H](Cc2cccc3ccccc23)NC(=O)/C=C/C[C@@H]([C@H](C)/C=C/c2ccccc2)OC1=O. The zero-order valence-electron chi connectivity index (χ0n) is 27.9. The Bertz CT molecular complexity index is 1600. The predicted octanol–water partition coefficient (Wildman–Crippen LogP) is 6.19. The molecule has 3 aromatic carbocycles. The number of esters is 2. The van der Waals surface area contributed by atoms with Gasteiger partial charge in [0.1, 0.15) is 12.1 Å². The number of hydrogen-bond acceptors (Lipinski definition) is 6. The predicted molar refractivity (Wildman–Crippen MR) is 184 cm³/mol. The van der Waals surface area contributed by atoms with Gasteiger partial charge < -0.3 is 20.1 Å². The van der Waals surface area contributed by atoms with Crippen molar-refractivity contribution < 1.29 is 28.7 Å². The Hall–Kier alpha value is -4.72. The fraction of sp³-hybridized carbons (Fsp3) is 0.385. The van der Waals surface area contributed by atoms with Crippen molar-refractivity contribution in [1.82, 2.24) is 10.6 Å². The van der Waals surface area contributed by atoms with E-state index < -0.39 is 47.4 Å². The van der Waals surface area contributed by atoms with E-state index in [-0.39, 0.29) is 37.6 Å². The number of ether oxygens (including phenoxy) is 2. The lowest BCUT2D eigenvalue weighted by molar-refractivity contribution is -0.178. The van der Waals surface area contributed by atoms with Crippen LogP contribution in [0, 0.1) is 17.3 Å². The summed E-state index contributed by atoms with van der Waals surface area (Å²) >= 11 is 0. The van der Waals surface area contributed by atoms with Crippen molar-refractivity contribution in [1.29, 1.82) is 0 Å². The molecular weight excluding hydrogens is 592 g/mol. The van der Waals surface area contributed by atoms with E-state index in [1.165, 1.54) is 6.08 Å². The maximum atomic E-state index is 13.6. The summed E-state index contributed by atoms with van der Waals surface area (Å²) in [7, 11) is 0. The molecule has 1 aliphatic rings. The van der Waals surface area contributed by atoms with Crippen LogP contribution in [0.5, 0.6) is 0 Å². The van der Waals surface area contributed by atoms with E-state index in [2.05, 4.69) is 10.6 Å². The molecule has 0 saturated carbocycles. The minimum atomic E-state index is -1.17. The van der Waals surface area contributed by atoms with Crippen LogP contribution in [0.4, 0.5) is 0 Å². The number of amides is 2. The molecule has 1 heterocycles. The summed E-state index contributed by atoms with van der Waals surface area (Å²) in [6.45, 7) is 9.04. The molecule has 0 radical (unpaired) electrons. The van der Waals surface area contributed by atoms with Crippen LogP contribution in [0.2, 0.25) is 0 Å². The highest BCUT2D eigenvalue weighted by molar-refractivity contribution is 5.94. The van der Waals surface area contributed by atoms with Gasteiger partial charge in [-0.25, -0.2) is 4.79 Å². The van der Waals surface area contributed by atoms with Crippen molar-refractivity contribution in [3.8, 4) is 0 Å². The first-order valence-corrected chi connectivity index (χ1v) is 16.3. The van der Waals surface area contributed by atoms with E-state index in [0.29, 0.717) is 0 Å². The molecule has 0 aliphatic carbocycles. The molecule has 2 N–H and O–H groups in total. The summed E-state index contributed by atoms with van der Waals surface area (Å²) < 4.78 is 11.8. The summed E-state index contributed by atoms with van der Waals surface area (Å²) in [5, 5.41) is 7.71. The Kier molecular flexibility index (Phi) is 12.1. The number of rotatable bonds is 7. The number of fused-ring (bicyclic) bond motifs is 1. The van der Waals surface area contributed by atoms with Crippen LogP contribution < -0.4 is 10.6 Å². The Morgan fingerprint density at radius 2 is 1.60 bits per heavy atom. The molecule has 0 aromatic heterocycles. The summed E-state index contributed by atoms with van der Waals surface area (Å²) in [6.07, 6.45) is 5.92. The number of benzene rings is 3. The zero-order valence-corrected chi connectivity index (χ0v) is 27.9. The van der Waals surface area contributed by atoms with Crippen LogP contribution in [0.25, 0.3) is 16.8 Å². The topological polar surface area (TPSA) is 111 Å². The van der Waals surface area contributed by atoms with Crippen molar-refractivity contribution >= 4 is 40.6 Å². The Morgan fingerprint density at radius 3 is 2.34 bits per heavy atom. The Balaban J connectivity index is 1.64. The minimum Gasteiger partial charge on any atom is -0.459 e. The molecule has 1 aliphatic heterocycles. The minimum absolute atomic E-state index is 0.0426. The third kappa shape index (κ3) is 10.1. The van der Waals surface area contributed by atoms with Gasteiger partial charge in [-0.1, -0.05) is 112 Å². The highest BCUT2D eigenvalue weighted by Gasteiger charge is 2.37. The van der Waals surface area contributed by atoms with Crippen molar-refractivity contribution in [2.75, 3.05) is 6.54 Å². The highest BCUT2D eigenvalue weighted by Crippen LogP contribution is 2.24. The van der Waals surface area contributed by atoms with Gasteiger partial charge in [-0.05, 0) is 54.2 Å². The van der Waals surface area contributed by atoms with E-state index in [9.17, 15) is 19.2 Å². The number of carbonyl (C=O) groups excluding carboxylic acids is 4. The Labute approximate surface area is 277 Å². The van der Waals surface area contributed by atoms with Gasteiger partial charge in [0, 0.05) is 25.3 Å². The number of nitrogens with one attached hydrogen (secondary N) is 2. The van der Waals surface area contributed by atoms with Gasteiger partial charge in [-0.2, -0.15) is 0 Å². The summed E-state index contributed by atoms with van der Waals surface area (Å²) in [6, 6.07) is 22.6. The summed E-state index contributed by atoms with van der Waals surface area (Å²) in [5.74, 6) is -2.34. The molecule has 2 amide bonds. The second kappa shape index (κ2) is 16.2. The molecule has 0 saturated heterocycles. The van der Waals surface area contributed by atoms with Crippen molar-refractivity contribution in [2.45, 2.75) is 72.1 Å². The van der Waals surface area contributed by atoms with Gasteiger partial charge in [0.05, 0.1) is 5.41 Å². The molecule has 248 valence electrons. The third-order valence-electron chi connectivity index (χ3n) is 8.28.